The van der Waals surface area contributed by atoms with Crippen LogP contribution in [0.5, 0.6) is 0 Å². The zero-order valence-electron chi connectivity index (χ0n) is 12.6. The molecule has 4 heteroatoms. The van der Waals surface area contributed by atoms with Crippen molar-refractivity contribution < 1.29 is 8.42 Å². The molecule has 0 aliphatic carbocycles. The fraction of sp³-hybridized carbons (Fsp3) is 0.0526. The summed E-state index contributed by atoms with van der Waals surface area (Å²) in [4.78, 5) is 3.78. The summed E-state index contributed by atoms with van der Waals surface area (Å²) in [6.45, 7) is 2.06. The summed E-state index contributed by atoms with van der Waals surface area (Å²) in [6, 6.07) is 23.1. The summed E-state index contributed by atoms with van der Waals surface area (Å²) < 4.78 is 25.9. The maximum absolute atomic E-state index is 12.9. The molecule has 1 aliphatic rings. The van der Waals surface area contributed by atoms with Gasteiger partial charge in [-0.05, 0) is 43.3 Å². The molecule has 1 heterocycles. The van der Waals surface area contributed by atoms with Gasteiger partial charge in [-0.15, -0.1) is 0 Å². The van der Waals surface area contributed by atoms with E-state index in [1.54, 1.807) is 24.3 Å². The molecular weight excluding hydrogens is 324 g/mol. The number of hydrogen-bond donors (Lipinski definition) is 0. The minimum atomic E-state index is -3.44. The molecule has 0 bridgehead atoms. The summed E-state index contributed by atoms with van der Waals surface area (Å²) in [7, 11) is -3.84. The molecule has 4 rings (SSSR count). The smallest absolute Gasteiger partial charge is 0.216 e. The highest BCUT2D eigenvalue weighted by atomic mass is 32.2. The van der Waals surface area contributed by atoms with Gasteiger partial charge in [-0.25, -0.2) is 8.42 Å². The van der Waals surface area contributed by atoms with E-state index in [9.17, 15) is 8.42 Å². The van der Waals surface area contributed by atoms with Crippen LogP contribution in [0, 0.1) is 6.92 Å². The van der Waals surface area contributed by atoms with Crippen molar-refractivity contribution in [2.75, 3.05) is 0 Å². The Morgan fingerprint density at radius 1 is 0.696 bits per heavy atom. The molecule has 0 saturated carbocycles. The minimum Gasteiger partial charge on any atom is -0.218 e. The van der Waals surface area contributed by atoms with Gasteiger partial charge in [0.25, 0.3) is 0 Å². The Kier molecular flexibility index (Phi) is 3.32. The molecule has 0 aromatic heterocycles. The number of hydrogen-bond acceptors (Lipinski definition) is 2. The van der Waals surface area contributed by atoms with Gasteiger partial charge in [-0.1, -0.05) is 42.0 Å². The number of rotatable bonds is 1. The molecule has 0 N–H and O–H groups in total. The summed E-state index contributed by atoms with van der Waals surface area (Å²) in [6.07, 6.45) is 0. The van der Waals surface area contributed by atoms with Gasteiger partial charge in [0.15, 0.2) is 14.7 Å². The number of benzene rings is 3. The van der Waals surface area contributed by atoms with Crippen LogP contribution in [0.4, 0.5) is 0 Å². The lowest BCUT2D eigenvalue weighted by Gasteiger charge is -2.19. The Morgan fingerprint density at radius 2 is 1.17 bits per heavy atom. The third kappa shape index (κ3) is 2.21. The second-order valence-corrected chi connectivity index (χ2v) is 9.37. The van der Waals surface area contributed by atoms with E-state index in [4.69, 9.17) is 0 Å². The summed E-state index contributed by atoms with van der Waals surface area (Å²) in [5.41, 5.74) is 1.20. The van der Waals surface area contributed by atoms with Crippen molar-refractivity contribution in [1.29, 1.82) is 0 Å². The van der Waals surface area contributed by atoms with E-state index in [-0.39, 0.29) is 0 Å². The largest absolute Gasteiger partial charge is 0.218 e. The van der Waals surface area contributed by atoms with Crippen LogP contribution >= 0.6 is 0 Å². The van der Waals surface area contributed by atoms with Crippen molar-refractivity contribution in [3.05, 3.63) is 78.4 Å². The maximum atomic E-state index is 12.9. The third-order valence-electron chi connectivity index (χ3n) is 3.97. The van der Waals surface area contributed by atoms with Gasteiger partial charge in [-0.3, -0.25) is 0 Å². The van der Waals surface area contributed by atoms with E-state index in [2.05, 4.69) is 31.2 Å². The average molecular weight is 339 g/mol. The summed E-state index contributed by atoms with van der Waals surface area (Å²) >= 11 is 0. The quantitative estimate of drug-likeness (QED) is 0.486. The van der Waals surface area contributed by atoms with Gasteiger partial charge in [0, 0.05) is 0 Å². The van der Waals surface area contributed by atoms with Crippen LogP contribution in [0.15, 0.2) is 97.3 Å². The molecule has 114 valence electrons. The Morgan fingerprint density at radius 3 is 1.70 bits per heavy atom. The van der Waals surface area contributed by atoms with Gasteiger partial charge < -0.3 is 0 Å². The molecule has 0 amide bonds. The topological polar surface area (TPSA) is 34.1 Å². The monoisotopic (exact) mass is 339 g/mol. The van der Waals surface area contributed by atoms with Crippen molar-refractivity contribution in [3.8, 4) is 0 Å². The first-order chi connectivity index (χ1) is 11.1. The van der Waals surface area contributed by atoms with Crippen LogP contribution in [0.2, 0.25) is 0 Å². The molecule has 3 aromatic carbocycles. The predicted molar refractivity (Wildman–Crippen MR) is 91.7 cm³/mol. The van der Waals surface area contributed by atoms with E-state index in [0.717, 1.165) is 14.7 Å². The lowest BCUT2D eigenvalue weighted by molar-refractivity contribution is 0.590. The molecule has 0 saturated heterocycles. The SMILES string of the molecule is Cc1ccc([S+]2c3ccccc3S(=O)(=O)c3ccccc32)cc1. The number of fused-ring (bicyclic) bond motifs is 2. The van der Waals surface area contributed by atoms with Crippen molar-refractivity contribution in [2.45, 2.75) is 31.4 Å². The Labute approximate surface area is 139 Å². The first kappa shape index (κ1) is 14.5. The zero-order valence-corrected chi connectivity index (χ0v) is 14.2. The van der Waals surface area contributed by atoms with Crippen molar-refractivity contribution >= 4 is 20.7 Å². The molecule has 2 nitrogen and oxygen atoms in total. The first-order valence-corrected chi connectivity index (χ1v) is 10.0. The molecule has 0 unspecified atom stereocenters. The lowest BCUT2D eigenvalue weighted by Crippen LogP contribution is -2.20. The maximum Gasteiger partial charge on any atom is 0.216 e. The molecule has 0 spiro atoms. The molecule has 0 atom stereocenters. The molecule has 23 heavy (non-hydrogen) atoms. The lowest BCUT2D eigenvalue weighted by atomic mass is 10.2. The van der Waals surface area contributed by atoms with Gasteiger partial charge >= 0.3 is 0 Å². The Hall–Kier alpha value is -2.04. The van der Waals surface area contributed by atoms with Crippen molar-refractivity contribution in [1.82, 2.24) is 0 Å². The van der Waals surface area contributed by atoms with Crippen LogP contribution in [0.3, 0.4) is 0 Å². The molecule has 3 aromatic rings. The molecule has 0 fully saturated rings. The van der Waals surface area contributed by atoms with Crippen molar-refractivity contribution in [2.24, 2.45) is 0 Å². The van der Waals surface area contributed by atoms with Gasteiger partial charge in [0.1, 0.15) is 20.7 Å². The Bertz CT molecular complexity index is 936. The van der Waals surface area contributed by atoms with Gasteiger partial charge in [-0.2, -0.15) is 0 Å². The number of aryl methyl sites for hydroxylation is 1. The van der Waals surface area contributed by atoms with Gasteiger partial charge in [0.2, 0.25) is 9.84 Å². The fourth-order valence-corrected chi connectivity index (χ4v) is 7.54. The van der Waals surface area contributed by atoms with E-state index >= 15 is 0 Å². The van der Waals surface area contributed by atoms with Crippen LogP contribution in [-0.2, 0) is 20.7 Å². The highest BCUT2D eigenvalue weighted by Crippen LogP contribution is 2.44. The molecule has 0 radical (unpaired) electrons. The van der Waals surface area contributed by atoms with E-state index < -0.39 is 20.7 Å². The second-order valence-electron chi connectivity index (χ2n) is 5.52. The predicted octanol–water partition coefficient (Wildman–Crippen LogP) is 4.24. The highest BCUT2D eigenvalue weighted by molar-refractivity contribution is 8.00. The minimum absolute atomic E-state index is 0.392. The average Bonchev–Trinajstić information content (AvgIpc) is 2.57. The second kappa shape index (κ2) is 5.25. The number of sulfone groups is 1. The fourth-order valence-electron chi connectivity index (χ4n) is 2.85. The highest BCUT2D eigenvalue weighted by Gasteiger charge is 2.44. The molecular formula is C19H15O2S2+. The van der Waals surface area contributed by atoms with E-state index in [0.29, 0.717) is 9.79 Å². The van der Waals surface area contributed by atoms with Crippen LogP contribution in [0.25, 0.3) is 0 Å². The normalized spacial score (nSPS) is 15.7. The van der Waals surface area contributed by atoms with Crippen molar-refractivity contribution in [3.63, 3.8) is 0 Å². The Balaban J connectivity index is 2.06. The molecule has 1 aliphatic heterocycles. The van der Waals surface area contributed by atoms with E-state index in [1.807, 2.05) is 24.3 Å². The third-order valence-corrected chi connectivity index (χ3v) is 8.44. The van der Waals surface area contributed by atoms with Crippen LogP contribution in [-0.4, -0.2) is 8.42 Å². The van der Waals surface area contributed by atoms with E-state index in [1.165, 1.54) is 5.56 Å². The van der Waals surface area contributed by atoms with Crippen LogP contribution in [0.1, 0.15) is 5.56 Å². The van der Waals surface area contributed by atoms with Crippen LogP contribution < -0.4 is 0 Å². The first-order valence-electron chi connectivity index (χ1n) is 7.33. The standard InChI is InChI=1S/C19H15O2S2/c1-14-10-12-15(13-11-14)22-16-6-2-4-8-18(16)23(20,21)19-9-5-3-7-17(19)22/h2-13H,1H3/q+1. The summed E-state index contributed by atoms with van der Waals surface area (Å²) in [5.74, 6) is 0. The zero-order chi connectivity index (χ0) is 16.0. The summed E-state index contributed by atoms with van der Waals surface area (Å²) in [5, 5.41) is 0. The van der Waals surface area contributed by atoms with Gasteiger partial charge in [0.05, 0.1) is 0 Å².